The maximum Gasteiger partial charge on any atom is 0.0898 e. The Bertz CT molecular complexity index is 389. The van der Waals surface area contributed by atoms with E-state index in [2.05, 4.69) is 40.3 Å². The van der Waals surface area contributed by atoms with Crippen molar-refractivity contribution in [2.24, 2.45) is 0 Å². The van der Waals surface area contributed by atoms with Crippen LogP contribution in [0.5, 0.6) is 0 Å². The highest BCUT2D eigenvalue weighted by molar-refractivity contribution is 9.10. The molecular formula is C15H24BrNO3. The van der Waals surface area contributed by atoms with E-state index in [1.54, 1.807) is 7.11 Å². The van der Waals surface area contributed by atoms with Gasteiger partial charge >= 0.3 is 0 Å². The Hall–Kier alpha value is -0.460. The highest BCUT2D eigenvalue weighted by Crippen LogP contribution is 2.17. The van der Waals surface area contributed by atoms with E-state index >= 15 is 0 Å². The van der Waals surface area contributed by atoms with Crippen molar-refractivity contribution in [2.75, 3.05) is 26.9 Å². The molecule has 1 aromatic carbocycles. The Labute approximate surface area is 129 Å². The maximum atomic E-state index is 9.88. The lowest BCUT2D eigenvalue weighted by molar-refractivity contribution is -0.0315. The minimum atomic E-state index is -0.524. The molecule has 2 N–H and O–H groups in total. The molecule has 1 aromatic rings. The second kappa shape index (κ2) is 9.47. The quantitative estimate of drug-likeness (QED) is 0.722. The molecule has 0 saturated carbocycles. The van der Waals surface area contributed by atoms with Crippen molar-refractivity contribution < 1.29 is 14.6 Å². The van der Waals surface area contributed by atoms with E-state index in [1.807, 2.05) is 19.1 Å². The van der Waals surface area contributed by atoms with Gasteiger partial charge in [-0.3, -0.25) is 0 Å². The Morgan fingerprint density at radius 3 is 2.70 bits per heavy atom. The number of nitrogens with one attached hydrogen (secondary N) is 1. The smallest absolute Gasteiger partial charge is 0.0898 e. The van der Waals surface area contributed by atoms with E-state index in [0.29, 0.717) is 19.8 Å². The van der Waals surface area contributed by atoms with E-state index in [4.69, 9.17) is 9.47 Å². The van der Waals surface area contributed by atoms with Crippen LogP contribution in [-0.4, -0.2) is 44.2 Å². The molecule has 5 heteroatoms. The summed E-state index contributed by atoms with van der Waals surface area (Å²) in [6.07, 6.45) is -0.527. The van der Waals surface area contributed by atoms with Crippen LogP contribution < -0.4 is 5.32 Å². The molecule has 4 nitrogen and oxygen atoms in total. The number of methoxy groups -OCH3 is 1. The monoisotopic (exact) mass is 345 g/mol. The lowest BCUT2D eigenvalue weighted by Gasteiger charge is -2.19. The first kappa shape index (κ1) is 17.6. The number of halogens is 1. The molecule has 0 aliphatic carbocycles. The minimum absolute atomic E-state index is 0.00264. The normalized spacial score (nSPS) is 15.8. The Morgan fingerprint density at radius 2 is 2.05 bits per heavy atom. The number of rotatable bonds is 9. The van der Waals surface area contributed by atoms with Crippen molar-refractivity contribution in [3.63, 3.8) is 0 Å². The van der Waals surface area contributed by atoms with E-state index in [9.17, 15) is 5.11 Å². The number of benzene rings is 1. The van der Waals surface area contributed by atoms with Crippen LogP contribution in [0.1, 0.15) is 25.5 Å². The van der Waals surface area contributed by atoms with Crippen LogP contribution in [0.2, 0.25) is 0 Å². The Morgan fingerprint density at radius 1 is 1.30 bits per heavy atom. The molecule has 0 amide bonds. The van der Waals surface area contributed by atoms with Crippen molar-refractivity contribution >= 4 is 15.9 Å². The average molecular weight is 346 g/mol. The first-order chi connectivity index (χ1) is 9.52. The summed E-state index contributed by atoms with van der Waals surface area (Å²) in [5.41, 5.74) is 1.18. The van der Waals surface area contributed by atoms with Crippen LogP contribution in [0.25, 0.3) is 0 Å². The molecule has 1 rings (SSSR count). The molecule has 3 atom stereocenters. The Kier molecular flexibility index (Phi) is 8.33. The topological polar surface area (TPSA) is 50.7 Å². The standard InChI is InChI=1S/C15H24BrNO3/c1-11(9-19-3)20-10-15(18)8-17-12(2)13-5-4-6-14(16)7-13/h4-7,11-12,15,17-18H,8-10H2,1-3H3/t11?,12-,15?/m1/s1. The van der Waals surface area contributed by atoms with Crippen molar-refractivity contribution in [2.45, 2.75) is 32.1 Å². The zero-order chi connectivity index (χ0) is 15.0. The SMILES string of the molecule is COCC(C)OCC(O)CN[C@H](C)c1cccc(Br)c1. The van der Waals surface area contributed by atoms with Gasteiger partial charge in [0.05, 0.1) is 25.4 Å². The fourth-order valence-electron chi connectivity index (χ4n) is 1.82. The predicted octanol–water partition coefficient (Wildman–Crippen LogP) is 2.51. The van der Waals surface area contributed by atoms with Gasteiger partial charge in [-0.25, -0.2) is 0 Å². The van der Waals surface area contributed by atoms with Gasteiger partial charge in [0.15, 0.2) is 0 Å². The minimum Gasteiger partial charge on any atom is -0.389 e. The maximum absolute atomic E-state index is 9.88. The van der Waals surface area contributed by atoms with Gasteiger partial charge < -0.3 is 19.9 Å². The molecule has 0 aliphatic heterocycles. The molecule has 0 saturated heterocycles. The zero-order valence-electron chi connectivity index (χ0n) is 12.3. The molecule has 2 unspecified atom stereocenters. The molecule has 114 valence electrons. The van der Waals surface area contributed by atoms with E-state index < -0.39 is 6.10 Å². The number of aliphatic hydroxyl groups is 1. The molecular weight excluding hydrogens is 322 g/mol. The van der Waals surface area contributed by atoms with Gasteiger partial charge in [-0.05, 0) is 31.5 Å². The van der Waals surface area contributed by atoms with E-state index in [0.717, 1.165) is 4.47 Å². The summed E-state index contributed by atoms with van der Waals surface area (Å²) < 4.78 is 11.5. The fraction of sp³-hybridized carbons (Fsp3) is 0.600. The van der Waals surface area contributed by atoms with Crippen molar-refractivity contribution in [3.8, 4) is 0 Å². The number of hydrogen-bond donors (Lipinski definition) is 2. The van der Waals surface area contributed by atoms with Gasteiger partial charge in [0, 0.05) is 24.2 Å². The van der Waals surface area contributed by atoms with E-state index in [1.165, 1.54) is 5.56 Å². The highest BCUT2D eigenvalue weighted by Gasteiger charge is 2.11. The third-order valence-corrected chi connectivity index (χ3v) is 3.48. The molecule has 0 heterocycles. The first-order valence-corrected chi connectivity index (χ1v) is 7.59. The third kappa shape index (κ3) is 6.81. The van der Waals surface area contributed by atoms with Gasteiger partial charge in [-0.2, -0.15) is 0 Å². The van der Waals surface area contributed by atoms with Gasteiger partial charge in [-0.1, -0.05) is 28.1 Å². The Balaban J connectivity index is 2.28. The third-order valence-electron chi connectivity index (χ3n) is 2.98. The summed E-state index contributed by atoms with van der Waals surface area (Å²) in [5, 5.41) is 13.2. The molecule has 0 aliphatic rings. The van der Waals surface area contributed by atoms with Crippen LogP contribution >= 0.6 is 15.9 Å². The summed E-state index contributed by atoms with van der Waals surface area (Å²) in [6.45, 7) is 5.33. The molecule has 20 heavy (non-hydrogen) atoms. The second-order valence-corrected chi connectivity index (χ2v) is 5.85. The summed E-state index contributed by atoms with van der Waals surface area (Å²) in [7, 11) is 1.64. The van der Waals surface area contributed by atoms with Gasteiger partial charge in [0.2, 0.25) is 0 Å². The van der Waals surface area contributed by atoms with Crippen LogP contribution in [-0.2, 0) is 9.47 Å². The van der Waals surface area contributed by atoms with Crippen LogP contribution in [0, 0.1) is 0 Å². The van der Waals surface area contributed by atoms with Crippen LogP contribution in [0.15, 0.2) is 28.7 Å². The van der Waals surface area contributed by atoms with E-state index in [-0.39, 0.29) is 12.1 Å². The number of hydrogen-bond acceptors (Lipinski definition) is 4. The van der Waals surface area contributed by atoms with Crippen LogP contribution in [0.3, 0.4) is 0 Å². The summed E-state index contributed by atoms with van der Waals surface area (Å²) in [5.74, 6) is 0. The number of ether oxygens (including phenoxy) is 2. The molecule has 0 spiro atoms. The average Bonchev–Trinajstić information content (AvgIpc) is 2.43. The molecule has 0 fully saturated rings. The predicted molar refractivity (Wildman–Crippen MR) is 83.9 cm³/mol. The second-order valence-electron chi connectivity index (χ2n) is 4.94. The molecule has 0 bridgehead atoms. The van der Waals surface area contributed by atoms with Crippen molar-refractivity contribution in [1.82, 2.24) is 5.32 Å². The van der Waals surface area contributed by atoms with Crippen LogP contribution in [0.4, 0.5) is 0 Å². The first-order valence-electron chi connectivity index (χ1n) is 6.80. The molecule has 0 aromatic heterocycles. The van der Waals surface area contributed by atoms with Gasteiger partial charge in [-0.15, -0.1) is 0 Å². The molecule has 0 radical (unpaired) electrons. The lowest BCUT2D eigenvalue weighted by Crippen LogP contribution is -2.33. The van der Waals surface area contributed by atoms with Crippen molar-refractivity contribution in [3.05, 3.63) is 34.3 Å². The summed E-state index contributed by atoms with van der Waals surface area (Å²) >= 11 is 3.46. The summed E-state index contributed by atoms with van der Waals surface area (Å²) in [6, 6.07) is 8.31. The van der Waals surface area contributed by atoms with Gasteiger partial charge in [0.1, 0.15) is 0 Å². The fourth-order valence-corrected chi connectivity index (χ4v) is 2.24. The summed E-state index contributed by atoms with van der Waals surface area (Å²) in [4.78, 5) is 0. The zero-order valence-corrected chi connectivity index (χ0v) is 13.9. The lowest BCUT2D eigenvalue weighted by atomic mass is 10.1. The van der Waals surface area contributed by atoms with Crippen molar-refractivity contribution in [1.29, 1.82) is 0 Å². The largest absolute Gasteiger partial charge is 0.389 e. The van der Waals surface area contributed by atoms with Gasteiger partial charge in [0.25, 0.3) is 0 Å². The highest BCUT2D eigenvalue weighted by atomic mass is 79.9. The number of aliphatic hydroxyl groups excluding tert-OH is 1.